The molecule has 0 aliphatic carbocycles. The summed E-state index contributed by atoms with van der Waals surface area (Å²) in [5, 5.41) is 10.8. The molecule has 4 nitrogen and oxygen atoms in total. The summed E-state index contributed by atoms with van der Waals surface area (Å²) < 4.78 is 0. The van der Waals surface area contributed by atoms with Gasteiger partial charge in [-0.2, -0.15) is 5.26 Å². The highest BCUT2D eigenvalue weighted by atomic mass is 15.3. The molecule has 0 aromatic rings. The van der Waals surface area contributed by atoms with Crippen molar-refractivity contribution in [3.05, 3.63) is 0 Å². The number of likely N-dealkylation sites (N-methyl/N-ethyl adjacent to an activating group) is 1. The van der Waals surface area contributed by atoms with E-state index < -0.39 is 0 Å². The van der Waals surface area contributed by atoms with E-state index in [2.05, 4.69) is 17.2 Å². The standard InChI is InChI=1S/C6H10N4/c1-5-3-8-6(9-4-7)10(5)2/h5H,3H2,1-2H3,(H,8,9). The normalized spacial score (nSPS) is 23.9. The molecule has 1 rings (SSSR count). The fourth-order valence-electron chi connectivity index (χ4n) is 0.839. The van der Waals surface area contributed by atoms with Gasteiger partial charge in [0.15, 0.2) is 6.19 Å². The number of guanidine groups is 1. The molecule has 0 radical (unpaired) electrons. The molecule has 0 spiro atoms. The zero-order chi connectivity index (χ0) is 7.56. The maximum atomic E-state index is 8.26. The second-order valence-electron chi connectivity index (χ2n) is 2.36. The van der Waals surface area contributed by atoms with Crippen LogP contribution in [-0.2, 0) is 0 Å². The minimum Gasteiger partial charge on any atom is -0.341 e. The lowest BCUT2D eigenvalue weighted by atomic mass is 10.3. The Morgan fingerprint density at radius 2 is 2.60 bits per heavy atom. The van der Waals surface area contributed by atoms with E-state index in [1.807, 2.05) is 18.1 Å². The Labute approximate surface area is 60.2 Å². The molecular weight excluding hydrogens is 128 g/mol. The Morgan fingerprint density at radius 1 is 1.90 bits per heavy atom. The molecule has 54 valence electrons. The summed E-state index contributed by atoms with van der Waals surface area (Å²) in [6, 6.07) is 0.413. The van der Waals surface area contributed by atoms with Crippen LogP contribution in [0.5, 0.6) is 0 Å². The first-order valence-electron chi connectivity index (χ1n) is 3.18. The van der Waals surface area contributed by atoms with Crippen molar-refractivity contribution in [2.45, 2.75) is 13.0 Å². The number of aliphatic imine (C=N–C) groups is 1. The maximum absolute atomic E-state index is 8.26. The highest BCUT2D eigenvalue weighted by Crippen LogP contribution is 2.03. The molecule has 1 atom stereocenters. The first-order chi connectivity index (χ1) is 4.75. The fourth-order valence-corrected chi connectivity index (χ4v) is 0.839. The molecule has 1 N–H and O–H groups in total. The minimum absolute atomic E-state index is 0.413. The van der Waals surface area contributed by atoms with Crippen molar-refractivity contribution in [3.8, 4) is 6.19 Å². The van der Waals surface area contributed by atoms with Crippen LogP contribution in [-0.4, -0.2) is 30.5 Å². The van der Waals surface area contributed by atoms with E-state index in [0.29, 0.717) is 12.0 Å². The van der Waals surface area contributed by atoms with Crippen LogP contribution in [0.25, 0.3) is 0 Å². The first kappa shape index (κ1) is 6.87. The molecule has 0 aromatic carbocycles. The van der Waals surface area contributed by atoms with Gasteiger partial charge < -0.3 is 4.90 Å². The van der Waals surface area contributed by atoms with Gasteiger partial charge in [-0.15, -0.1) is 0 Å². The summed E-state index contributed by atoms with van der Waals surface area (Å²) in [5.41, 5.74) is 0. The number of nitrogens with one attached hydrogen (secondary N) is 1. The van der Waals surface area contributed by atoms with Gasteiger partial charge in [-0.3, -0.25) is 10.3 Å². The summed E-state index contributed by atoms with van der Waals surface area (Å²) in [4.78, 5) is 6.04. The van der Waals surface area contributed by atoms with Gasteiger partial charge in [0.2, 0.25) is 5.96 Å². The Bertz CT molecular complexity index is 190. The van der Waals surface area contributed by atoms with E-state index >= 15 is 0 Å². The minimum atomic E-state index is 0.413. The van der Waals surface area contributed by atoms with Gasteiger partial charge in [0.1, 0.15) is 0 Å². The van der Waals surface area contributed by atoms with Crippen molar-refractivity contribution in [2.75, 3.05) is 13.6 Å². The van der Waals surface area contributed by atoms with E-state index in [1.54, 1.807) is 0 Å². The van der Waals surface area contributed by atoms with Crippen LogP contribution in [0.1, 0.15) is 6.92 Å². The van der Waals surface area contributed by atoms with Crippen LogP contribution in [0.3, 0.4) is 0 Å². The van der Waals surface area contributed by atoms with Crippen LogP contribution in [0.4, 0.5) is 0 Å². The molecule has 10 heavy (non-hydrogen) atoms. The van der Waals surface area contributed by atoms with Gasteiger partial charge in [0.25, 0.3) is 0 Å². The van der Waals surface area contributed by atoms with Crippen molar-refractivity contribution >= 4 is 5.96 Å². The fraction of sp³-hybridized carbons (Fsp3) is 0.667. The molecule has 0 aromatic heterocycles. The van der Waals surface area contributed by atoms with Crippen LogP contribution in [0.2, 0.25) is 0 Å². The lowest BCUT2D eigenvalue weighted by Crippen LogP contribution is -2.37. The molecule has 1 heterocycles. The Hall–Kier alpha value is -1.24. The van der Waals surface area contributed by atoms with Crippen LogP contribution in [0, 0.1) is 11.5 Å². The third-order valence-corrected chi connectivity index (χ3v) is 1.67. The van der Waals surface area contributed by atoms with Gasteiger partial charge in [-0.1, -0.05) is 0 Å². The summed E-state index contributed by atoms with van der Waals surface area (Å²) >= 11 is 0. The molecule has 1 unspecified atom stereocenters. The van der Waals surface area contributed by atoms with Gasteiger partial charge in [-0.25, -0.2) is 0 Å². The predicted octanol–water partition coefficient (Wildman–Crippen LogP) is -0.253. The zero-order valence-electron chi connectivity index (χ0n) is 6.13. The molecule has 1 aliphatic rings. The van der Waals surface area contributed by atoms with Crippen LogP contribution in [0.15, 0.2) is 4.99 Å². The van der Waals surface area contributed by atoms with Gasteiger partial charge in [0.05, 0.1) is 6.54 Å². The maximum Gasteiger partial charge on any atom is 0.207 e. The van der Waals surface area contributed by atoms with Crippen molar-refractivity contribution < 1.29 is 0 Å². The number of rotatable bonds is 0. The lowest BCUT2D eigenvalue weighted by molar-refractivity contribution is 0.425. The second kappa shape index (κ2) is 2.56. The quantitative estimate of drug-likeness (QED) is 0.371. The molecule has 1 aliphatic heterocycles. The summed E-state index contributed by atoms with van der Waals surface area (Å²) in [5.74, 6) is 0.676. The smallest absolute Gasteiger partial charge is 0.207 e. The third-order valence-electron chi connectivity index (χ3n) is 1.67. The number of hydrogen-bond donors (Lipinski definition) is 1. The zero-order valence-corrected chi connectivity index (χ0v) is 6.13. The topological polar surface area (TPSA) is 51.4 Å². The van der Waals surface area contributed by atoms with Crippen molar-refractivity contribution in [1.29, 1.82) is 5.26 Å². The molecule has 4 heteroatoms. The number of hydrogen-bond acceptors (Lipinski definition) is 4. The van der Waals surface area contributed by atoms with Crippen LogP contribution < -0.4 is 5.32 Å². The van der Waals surface area contributed by atoms with Crippen molar-refractivity contribution in [1.82, 2.24) is 10.2 Å². The Morgan fingerprint density at radius 3 is 3.00 bits per heavy atom. The Balaban J connectivity index is 2.56. The van der Waals surface area contributed by atoms with Gasteiger partial charge in [0, 0.05) is 13.1 Å². The molecule has 0 saturated carbocycles. The van der Waals surface area contributed by atoms with Gasteiger partial charge >= 0.3 is 0 Å². The molecule has 0 bridgehead atoms. The van der Waals surface area contributed by atoms with Crippen LogP contribution >= 0.6 is 0 Å². The van der Waals surface area contributed by atoms with E-state index in [-0.39, 0.29) is 0 Å². The van der Waals surface area contributed by atoms with Crippen molar-refractivity contribution in [3.63, 3.8) is 0 Å². The highest BCUT2D eigenvalue weighted by molar-refractivity contribution is 5.82. The Kier molecular flexibility index (Phi) is 1.76. The number of nitrogens with zero attached hydrogens (tertiary/aromatic N) is 3. The first-order valence-corrected chi connectivity index (χ1v) is 3.18. The lowest BCUT2D eigenvalue weighted by Gasteiger charge is -2.17. The molecule has 0 fully saturated rings. The van der Waals surface area contributed by atoms with E-state index in [4.69, 9.17) is 5.26 Å². The van der Waals surface area contributed by atoms with Gasteiger partial charge in [-0.05, 0) is 6.92 Å². The highest BCUT2D eigenvalue weighted by Gasteiger charge is 2.18. The summed E-state index contributed by atoms with van der Waals surface area (Å²) in [6.45, 7) is 2.84. The third kappa shape index (κ3) is 1.03. The average molecular weight is 138 g/mol. The van der Waals surface area contributed by atoms with E-state index in [1.165, 1.54) is 0 Å². The average Bonchev–Trinajstić information content (AvgIpc) is 2.20. The molecule has 0 amide bonds. The second-order valence-corrected chi connectivity index (χ2v) is 2.36. The van der Waals surface area contributed by atoms with Crippen molar-refractivity contribution in [2.24, 2.45) is 4.99 Å². The van der Waals surface area contributed by atoms with E-state index in [0.717, 1.165) is 6.54 Å². The summed E-state index contributed by atoms with van der Waals surface area (Å²) in [7, 11) is 1.92. The predicted molar refractivity (Wildman–Crippen MR) is 38.3 cm³/mol. The van der Waals surface area contributed by atoms with E-state index in [9.17, 15) is 0 Å². The number of nitriles is 1. The molecular formula is C6H10N4. The molecule has 0 saturated heterocycles. The summed E-state index contributed by atoms with van der Waals surface area (Å²) in [6.07, 6.45) is 1.84. The monoisotopic (exact) mass is 138 g/mol. The largest absolute Gasteiger partial charge is 0.341 e. The SMILES string of the molecule is CC1CN=C(NC#N)N1C.